The third kappa shape index (κ3) is 3.49. The highest BCUT2D eigenvalue weighted by Gasteiger charge is 2.25. The van der Waals surface area contributed by atoms with Gasteiger partial charge in [-0.15, -0.1) is 0 Å². The fourth-order valence-electron chi connectivity index (χ4n) is 1.41. The fraction of sp³-hybridized carbons (Fsp3) is 0.545. The molecule has 1 heterocycles. The molecule has 0 bridgehead atoms. The van der Waals surface area contributed by atoms with Gasteiger partial charge in [-0.1, -0.05) is 6.07 Å². The summed E-state index contributed by atoms with van der Waals surface area (Å²) >= 11 is 0. The van der Waals surface area contributed by atoms with Crippen LogP contribution in [0.3, 0.4) is 0 Å². The van der Waals surface area contributed by atoms with Crippen LogP contribution in [0.1, 0.15) is 18.3 Å². The molecule has 0 fully saturated rings. The minimum absolute atomic E-state index is 0.217. The van der Waals surface area contributed by atoms with E-state index in [0.29, 0.717) is 5.69 Å². The molecule has 0 aliphatic carbocycles. The Morgan fingerprint density at radius 2 is 2.12 bits per heavy atom. The van der Waals surface area contributed by atoms with E-state index < -0.39 is 15.3 Å². The summed E-state index contributed by atoms with van der Waals surface area (Å²) in [5.41, 5.74) is 1.55. The van der Waals surface area contributed by atoms with Crippen LogP contribution in [0.2, 0.25) is 0 Å². The van der Waals surface area contributed by atoms with Crippen molar-refractivity contribution in [1.29, 1.82) is 0 Å². The van der Waals surface area contributed by atoms with Crippen molar-refractivity contribution in [2.45, 2.75) is 25.6 Å². The zero-order valence-corrected chi connectivity index (χ0v) is 11.1. The van der Waals surface area contributed by atoms with Crippen molar-refractivity contribution in [2.24, 2.45) is 0 Å². The van der Waals surface area contributed by atoms with Crippen molar-refractivity contribution in [1.82, 2.24) is 9.29 Å². The van der Waals surface area contributed by atoms with Gasteiger partial charge < -0.3 is 5.11 Å². The first kappa shape index (κ1) is 14.1. The Morgan fingerprint density at radius 1 is 1.47 bits per heavy atom. The van der Waals surface area contributed by atoms with Crippen molar-refractivity contribution < 1.29 is 13.5 Å². The van der Waals surface area contributed by atoms with Crippen LogP contribution < -0.4 is 0 Å². The summed E-state index contributed by atoms with van der Waals surface area (Å²) in [7, 11) is -1.97. The van der Waals surface area contributed by atoms with E-state index in [0.717, 1.165) is 5.69 Å². The number of rotatable bonds is 5. The summed E-state index contributed by atoms with van der Waals surface area (Å²) < 4.78 is 25.0. The zero-order chi connectivity index (χ0) is 13.1. The standard InChI is InChI=1S/C11H18N2O3S/c1-9-5-4-6-11(12-9)7-13(3)17(15,16)10(2)8-14/h4-6,10,14H,7-8H2,1-3H3. The van der Waals surface area contributed by atoms with Gasteiger partial charge in [0.1, 0.15) is 0 Å². The van der Waals surface area contributed by atoms with Crippen molar-refractivity contribution >= 4 is 10.0 Å². The summed E-state index contributed by atoms with van der Waals surface area (Å²) in [6, 6.07) is 5.48. The van der Waals surface area contributed by atoms with Crippen molar-refractivity contribution in [2.75, 3.05) is 13.7 Å². The number of aliphatic hydroxyl groups is 1. The molecule has 96 valence electrons. The fourth-order valence-corrected chi connectivity index (χ4v) is 2.52. The smallest absolute Gasteiger partial charge is 0.219 e. The molecule has 0 spiro atoms. The van der Waals surface area contributed by atoms with Crippen LogP contribution in [-0.4, -0.2) is 41.7 Å². The first-order chi connectivity index (χ1) is 7.87. The van der Waals surface area contributed by atoms with E-state index in [9.17, 15) is 8.42 Å². The molecule has 1 rings (SSSR count). The molecule has 0 radical (unpaired) electrons. The molecule has 0 saturated heterocycles. The molecule has 1 aromatic heterocycles. The molecule has 1 unspecified atom stereocenters. The number of nitrogens with zero attached hydrogens (tertiary/aromatic N) is 2. The molecular formula is C11H18N2O3S. The topological polar surface area (TPSA) is 70.5 Å². The molecule has 17 heavy (non-hydrogen) atoms. The molecule has 1 N–H and O–H groups in total. The van der Waals surface area contributed by atoms with Gasteiger partial charge in [0, 0.05) is 12.7 Å². The number of hydrogen-bond acceptors (Lipinski definition) is 4. The number of aryl methyl sites for hydroxylation is 1. The van der Waals surface area contributed by atoms with Crippen molar-refractivity contribution in [3.05, 3.63) is 29.6 Å². The minimum Gasteiger partial charge on any atom is -0.395 e. The van der Waals surface area contributed by atoms with Crippen LogP contribution in [-0.2, 0) is 16.6 Å². The van der Waals surface area contributed by atoms with Gasteiger partial charge in [-0.05, 0) is 26.0 Å². The number of pyridine rings is 1. The molecule has 0 aliphatic heterocycles. The van der Waals surface area contributed by atoms with Crippen LogP contribution in [0, 0.1) is 6.92 Å². The summed E-state index contributed by atoms with van der Waals surface area (Å²) in [5, 5.41) is 8.11. The van der Waals surface area contributed by atoms with Gasteiger partial charge in [0.25, 0.3) is 0 Å². The Morgan fingerprint density at radius 3 is 2.65 bits per heavy atom. The third-order valence-electron chi connectivity index (χ3n) is 2.53. The van der Waals surface area contributed by atoms with Gasteiger partial charge in [0.05, 0.1) is 24.1 Å². The third-order valence-corrected chi connectivity index (χ3v) is 4.69. The highest BCUT2D eigenvalue weighted by Crippen LogP contribution is 2.10. The van der Waals surface area contributed by atoms with E-state index in [2.05, 4.69) is 4.98 Å². The van der Waals surface area contributed by atoms with Crippen LogP contribution in [0.4, 0.5) is 0 Å². The largest absolute Gasteiger partial charge is 0.395 e. The second kappa shape index (κ2) is 5.57. The first-order valence-corrected chi connectivity index (χ1v) is 6.86. The first-order valence-electron chi connectivity index (χ1n) is 5.36. The van der Waals surface area contributed by atoms with Crippen molar-refractivity contribution in [3.63, 3.8) is 0 Å². The van der Waals surface area contributed by atoms with E-state index in [-0.39, 0.29) is 13.2 Å². The van der Waals surface area contributed by atoms with E-state index >= 15 is 0 Å². The number of aliphatic hydroxyl groups excluding tert-OH is 1. The molecule has 1 aromatic rings. The maximum absolute atomic E-state index is 11.9. The van der Waals surface area contributed by atoms with Gasteiger partial charge in [0.15, 0.2) is 0 Å². The summed E-state index contributed by atoms with van der Waals surface area (Å²) in [6.45, 7) is 3.17. The monoisotopic (exact) mass is 258 g/mol. The lowest BCUT2D eigenvalue weighted by molar-refractivity contribution is 0.290. The molecule has 6 heteroatoms. The van der Waals surface area contributed by atoms with Crippen LogP contribution >= 0.6 is 0 Å². The summed E-state index contributed by atoms with van der Waals surface area (Å²) in [5.74, 6) is 0. The average molecular weight is 258 g/mol. The lowest BCUT2D eigenvalue weighted by Gasteiger charge is -2.20. The maximum Gasteiger partial charge on any atom is 0.219 e. The maximum atomic E-state index is 11.9. The zero-order valence-electron chi connectivity index (χ0n) is 10.3. The summed E-state index contributed by atoms with van der Waals surface area (Å²) in [4.78, 5) is 4.24. The Kier molecular flexibility index (Phi) is 4.62. The molecule has 0 aliphatic rings. The SMILES string of the molecule is Cc1cccc(CN(C)S(=O)(=O)C(C)CO)n1. The molecule has 0 amide bonds. The quantitative estimate of drug-likeness (QED) is 0.836. The van der Waals surface area contributed by atoms with Gasteiger partial charge in [-0.3, -0.25) is 4.98 Å². The van der Waals surface area contributed by atoms with Crippen LogP contribution in [0.25, 0.3) is 0 Å². The van der Waals surface area contributed by atoms with E-state index in [1.54, 1.807) is 6.07 Å². The Balaban J connectivity index is 2.83. The molecule has 0 aromatic carbocycles. The molecular weight excluding hydrogens is 240 g/mol. The molecule has 1 atom stereocenters. The second-order valence-corrected chi connectivity index (χ2v) is 6.52. The number of hydrogen-bond donors (Lipinski definition) is 1. The van der Waals surface area contributed by atoms with Crippen LogP contribution in [0.5, 0.6) is 0 Å². The van der Waals surface area contributed by atoms with Gasteiger partial charge in [-0.25, -0.2) is 8.42 Å². The normalized spacial score (nSPS) is 13.9. The molecule has 5 nitrogen and oxygen atoms in total. The predicted molar refractivity (Wildman–Crippen MR) is 65.9 cm³/mol. The average Bonchev–Trinajstić information content (AvgIpc) is 2.27. The summed E-state index contributed by atoms with van der Waals surface area (Å²) in [6.07, 6.45) is 0. The van der Waals surface area contributed by atoms with E-state index in [4.69, 9.17) is 5.11 Å². The highest BCUT2D eigenvalue weighted by atomic mass is 32.2. The number of sulfonamides is 1. The Hall–Kier alpha value is -0.980. The van der Waals surface area contributed by atoms with Gasteiger partial charge in [-0.2, -0.15) is 4.31 Å². The predicted octanol–water partition coefficient (Wildman–Crippen LogP) is 0.532. The van der Waals surface area contributed by atoms with Gasteiger partial charge >= 0.3 is 0 Å². The lowest BCUT2D eigenvalue weighted by Crippen LogP contribution is -2.36. The van der Waals surface area contributed by atoms with E-state index in [1.165, 1.54) is 18.3 Å². The van der Waals surface area contributed by atoms with Crippen LogP contribution in [0.15, 0.2) is 18.2 Å². The van der Waals surface area contributed by atoms with Crippen molar-refractivity contribution in [3.8, 4) is 0 Å². The Bertz CT molecular complexity index is 473. The lowest BCUT2D eigenvalue weighted by atomic mass is 10.3. The van der Waals surface area contributed by atoms with Gasteiger partial charge in [0.2, 0.25) is 10.0 Å². The minimum atomic E-state index is -3.46. The van der Waals surface area contributed by atoms with E-state index in [1.807, 2.05) is 19.1 Å². The second-order valence-electron chi connectivity index (χ2n) is 4.06. The highest BCUT2D eigenvalue weighted by molar-refractivity contribution is 7.89. The molecule has 0 saturated carbocycles. The Labute approximate surface area is 102 Å². The number of aromatic nitrogens is 1.